The van der Waals surface area contributed by atoms with E-state index in [-0.39, 0.29) is 4.83 Å². The molecule has 2 aromatic heterocycles. The molecule has 0 aliphatic rings. The van der Waals surface area contributed by atoms with Gasteiger partial charge < -0.3 is 0 Å². The summed E-state index contributed by atoms with van der Waals surface area (Å²) in [5, 5.41) is 4.85. The van der Waals surface area contributed by atoms with Gasteiger partial charge in [0.2, 0.25) is 0 Å². The number of thiophene rings is 2. The third-order valence-corrected chi connectivity index (χ3v) is 7.30. The lowest BCUT2D eigenvalue weighted by molar-refractivity contribution is 1.25. The highest BCUT2D eigenvalue weighted by molar-refractivity contribution is 9.09. The molecular weight excluding hydrogens is 360 g/mol. The Hall–Kier alpha value is -1.16. The number of fused-ring (bicyclic) bond motifs is 2. The lowest BCUT2D eigenvalue weighted by atomic mass is 9.98. The fraction of sp³-hybridized carbons (Fsp3) is 0.111. The van der Waals surface area contributed by atoms with E-state index in [1.165, 1.54) is 36.2 Å². The van der Waals surface area contributed by atoms with Crippen LogP contribution >= 0.6 is 38.6 Å². The maximum atomic E-state index is 3.92. The van der Waals surface area contributed by atoms with Gasteiger partial charge in [0.25, 0.3) is 0 Å². The van der Waals surface area contributed by atoms with Crippen molar-refractivity contribution < 1.29 is 0 Å². The minimum Gasteiger partial charge on any atom is -0.143 e. The molecule has 0 N–H and O–H groups in total. The first-order valence-electron chi connectivity index (χ1n) is 6.83. The highest BCUT2D eigenvalue weighted by Crippen LogP contribution is 2.42. The molecule has 4 rings (SSSR count). The quantitative estimate of drug-likeness (QED) is 0.335. The van der Waals surface area contributed by atoms with Crippen LogP contribution in [-0.2, 0) is 0 Å². The Morgan fingerprint density at radius 3 is 2.57 bits per heavy atom. The van der Waals surface area contributed by atoms with Gasteiger partial charge in [-0.25, -0.2) is 0 Å². The SMILES string of the molecule is Cc1ccc(C(Br)c2cc3sccc3s2)c2ccccc12. The molecule has 0 fully saturated rings. The summed E-state index contributed by atoms with van der Waals surface area (Å²) in [4.78, 5) is 1.64. The van der Waals surface area contributed by atoms with Crippen molar-refractivity contribution in [3.63, 3.8) is 0 Å². The van der Waals surface area contributed by atoms with Gasteiger partial charge in [-0.2, -0.15) is 0 Å². The number of benzene rings is 2. The predicted octanol–water partition coefficient (Wildman–Crippen LogP) is 6.91. The van der Waals surface area contributed by atoms with Crippen LogP contribution in [0.25, 0.3) is 20.2 Å². The van der Waals surface area contributed by atoms with Gasteiger partial charge in [0, 0.05) is 14.3 Å². The lowest BCUT2D eigenvalue weighted by Gasteiger charge is -2.13. The minimum atomic E-state index is 0.257. The Morgan fingerprint density at radius 1 is 0.952 bits per heavy atom. The first-order valence-corrected chi connectivity index (χ1v) is 9.44. The van der Waals surface area contributed by atoms with Gasteiger partial charge in [-0.1, -0.05) is 52.3 Å². The third-order valence-electron chi connectivity index (χ3n) is 3.86. The fourth-order valence-electron chi connectivity index (χ4n) is 2.76. The molecule has 0 saturated carbocycles. The van der Waals surface area contributed by atoms with Crippen molar-refractivity contribution in [3.05, 3.63) is 69.9 Å². The van der Waals surface area contributed by atoms with Crippen molar-refractivity contribution in [1.82, 2.24) is 0 Å². The number of aryl methyl sites for hydroxylation is 1. The Labute approximate surface area is 140 Å². The summed E-state index contributed by atoms with van der Waals surface area (Å²) < 4.78 is 2.77. The summed E-state index contributed by atoms with van der Waals surface area (Å²) in [5.41, 5.74) is 2.69. The Kier molecular flexibility index (Phi) is 3.37. The third kappa shape index (κ3) is 2.24. The molecule has 0 aliphatic heterocycles. The van der Waals surface area contributed by atoms with Crippen molar-refractivity contribution in [1.29, 1.82) is 0 Å². The fourth-order valence-corrected chi connectivity index (χ4v) is 5.69. The second-order valence-electron chi connectivity index (χ2n) is 5.18. The second kappa shape index (κ2) is 5.24. The van der Waals surface area contributed by atoms with Crippen LogP contribution in [0.1, 0.15) is 20.8 Å². The number of hydrogen-bond donors (Lipinski definition) is 0. The molecule has 0 spiro atoms. The predicted molar refractivity (Wildman–Crippen MR) is 99.2 cm³/mol. The van der Waals surface area contributed by atoms with E-state index < -0.39 is 0 Å². The first kappa shape index (κ1) is 13.5. The summed E-state index contributed by atoms with van der Waals surface area (Å²) in [6.07, 6.45) is 0. The van der Waals surface area contributed by atoms with E-state index in [9.17, 15) is 0 Å². The average molecular weight is 373 g/mol. The zero-order valence-electron chi connectivity index (χ0n) is 11.5. The number of alkyl halides is 1. The van der Waals surface area contributed by atoms with Gasteiger partial charge in [-0.05, 0) is 46.3 Å². The van der Waals surface area contributed by atoms with E-state index in [2.05, 4.69) is 76.8 Å². The molecule has 2 aromatic carbocycles. The summed E-state index contributed by atoms with van der Waals surface area (Å²) >= 11 is 7.62. The molecule has 0 saturated heterocycles. The van der Waals surface area contributed by atoms with Crippen LogP contribution in [-0.4, -0.2) is 0 Å². The van der Waals surface area contributed by atoms with Crippen LogP contribution in [0.2, 0.25) is 0 Å². The van der Waals surface area contributed by atoms with E-state index in [0.29, 0.717) is 0 Å². The normalized spacial score (nSPS) is 13.0. The molecule has 21 heavy (non-hydrogen) atoms. The first-order chi connectivity index (χ1) is 10.2. The standard InChI is InChI=1S/C18H13BrS2/c1-11-6-7-14(13-5-3-2-4-12(11)13)18(19)17-10-16-15(21-17)8-9-20-16/h2-10,18H,1H3. The molecule has 3 heteroatoms. The molecule has 1 unspecified atom stereocenters. The van der Waals surface area contributed by atoms with Gasteiger partial charge in [0.05, 0.1) is 4.83 Å². The zero-order chi connectivity index (χ0) is 14.4. The Morgan fingerprint density at radius 2 is 1.76 bits per heavy atom. The second-order valence-corrected chi connectivity index (χ2v) is 8.16. The minimum absolute atomic E-state index is 0.257. The molecule has 4 aromatic rings. The van der Waals surface area contributed by atoms with Crippen LogP contribution in [0.15, 0.2) is 53.9 Å². The summed E-state index contributed by atoms with van der Waals surface area (Å²) in [6.45, 7) is 2.18. The highest BCUT2D eigenvalue weighted by Gasteiger charge is 2.17. The molecule has 1 atom stereocenters. The molecule has 0 bridgehead atoms. The van der Waals surface area contributed by atoms with Gasteiger partial charge in [-0.3, -0.25) is 0 Å². The molecule has 0 nitrogen and oxygen atoms in total. The average Bonchev–Trinajstić information content (AvgIpc) is 3.08. The Bertz CT molecular complexity index is 904. The number of rotatable bonds is 2. The van der Waals surface area contributed by atoms with Crippen molar-refractivity contribution in [2.75, 3.05) is 0 Å². The molecule has 2 heterocycles. The summed E-state index contributed by atoms with van der Waals surface area (Å²) in [7, 11) is 0. The Balaban J connectivity index is 1.89. The van der Waals surface area contributed by atoms with Gasteiger partial charge >= 0.3 is 0 Å². The van der Waals surface area contributed by atoms with Crippen LogP contribution < -0.4 is 0 Å². The van der Waals surface area contributed by atoms with Gasteiger partial charge in [0.15, 0.2) is 0 Å². The van der Waals surface area contributed by atoms with Crippen LogP contribution in [0.5, 0.6) is 0 Å². The number of halogens is 1. The zero-order valence-corrected chi connectivity index (χ0v) is 14.7. The van der Waals surface area contributed by atoms with Crippen molar-refractivity contribution in [2.24, 2.45) is 0 Å². The van der Waals surface area contributed by atoms with Crippen LogP contribution in [0, 0.1) is 6.92 Å². The summed E-state index contributed by atoms with van der Waals surface area (Å²) in [5.74, 6) is 0. The van der Waals surface area contributed by atoms with E-state index in [0.717, 1.165) is 0 Å². The van der Waals surface area contributed by atoms with Crippen molar-refractivity contribution in [3.8, 4) is 0 Å². The van der Waals surface area contributed by atoms with Gasteiger partial charge in [-0.15, -0.1) is 22.7 Å². The van der Waals surface area contributed by atoms with E-state index in [1.54, 1.807) is 0 Å². The van der Waals surface area contributed by atoms with E-state index in [4.69, 9.17) is 0 Å². The molecule has 0 radical (unpaired) electrons. The van der Waals surface area contributed by atoms with Crippen molar-refractivity contribution >= 4 is 58.8 Å². The van der Waals surface area contributed by atoms with Gasteiger partial charge in [0.1, 0.15) is 0 Å². The number of hydrogen-bond acceptors (Lipinski definition) is 2. The largest absolute Gasteiger partial charge is 0.143 e. The molecular formula is C18H13BrS2. The maximum Gasteiger partial charge on any atom is 0.0744 e. The van der Waals surface area contributed by atoms with E-state index >= 15 is 0 Å². The molecule has 0 amide bonds. The van der Waals surface area contributed by atoms with Crippen LogP contribution in [0.4, 0.5) is 0 Å². The van der Waals surface area contributed by atoms with E-state index in [1.807, 2.05) is 22.7 Å². The topological polar surface area (TPSA) is 0 Å². The maximum absolute atomic E-state index is 3.92. The monoisotopic (exact) mass is 372 g/mol. The lowest BCUT2D eigenvalue weighted by Crippen LogP contribution is -1.92. The van der Waals surface area contributed by atoms with Crippen molar-refractivity contribution in [2.45, 2.75) is 11.8 Å². The molecule has 104 valence electrons. The smallest absolute Gasteiger partial charge is 0.0744 e. The van der Waals surface area contributed by atoms with Crippen LogP contribution in [0.3, 0.4) is 0 Å². The summed E-state index contributed by atoms with van der Waals surface area (Å²) in [6, 6.07) is 17.7. The molecule has 0 aliphatic carbocycles. The highest BCUT2D eigenvalue weighted by atomic mass is 79.9.